The molecule has 0 spiro atoms. The molecule has 0 radical (unpaired) electrons. The largest absolute Gasteiger partial charge is 0.355 e. The van der Waals surface area contributed by atoms with E-state index in [9.17, 15) is 9.59 Å². The van der Waals surface area contributed by atoms with E-state index in [4.69, 9.17) is 0 Å². The molecule has 0 fully saturated rings. The molecule has 2 aromatic rings. The quantitative estimate of drug-likeness (QED) is 0.706. The molecule has 2 heterocycles. The van der Waals surface area contributed by atoms with Crippen molar-refractivity contribution in [1.82, 2.24) is 14.9 Å². The zero-order chi connectivity index (χ0) is 20.2. The molecule has 0 saturated heterocycles. The Kier molecular flexibility index (Phi) is 6.59. The lowest BCUT2D eigenvalue weighted by atomic mass is 9.96. The molecule has 27 heavy (non-hydrogen) atoms. The van der Waals surface area contributed by atoms with Gasteiger partial charge in [0.05, 0.1) is 5.69 Å². The molecular weight excluding hydrogens is 360 g/mol. The van der Waals surface area contributed by atoms with Crippen LogP contribution in [0.25, 0.3) is 11.3 Å². The molecule has 0 aromatic carbocycles. The molecule has 0 aliphatic carbocycles. The smallest absolute Gasteiger partial charge is 0.227 e. The topological polar surface area (TPSA) is 76.0 Å². The Morgan fingerprint density at radius 3 is 2.67 bits per heavy atom. The minimum absolute atomic E-state index is 0.0679. The fraction of sp³-hybridized carbons (Fsp3) is 0.450. The molecule has 7 heteroatoms. The normalized spacial score (nSPS) is 11.3. The number of anilines is 1. The maximum absolute atomic E-state index is 12.1. The van der Waals surface area contributed by atoms with Crippen LogP contribution in [0.2, 0.25) is 0 Å². The van der Waals surface area contributed by atoms with E-state index in [2.05, 4.69) is 46.7 Å². The van der Waals surface area contributed by atoms with Crippen molar-refractivity contribution in [3.8, 4) is 11.3 Å². The number of amides is 2. The monoisotopic (exact) mass is 388 g/mol. The summed E-state index contributed by atoms with van der Waals surface area (Å²) in [5, 5.41) is 8.08. The van der Waals surface area contributed by atoms with E-state index in [0.717, 1.165) is 29.2 Å². The maximum Gasteiger partial charge on any atom is 0.227 e. The molecule has 0 aliphatic heterocycles. The molecule has 2 N–H and O–H groups in total. The molecule has 0 bridgehead atoms. The van der Waals surface area contributed by atoms with Crippen LogP contribution in [0.3, 0.4) is 0 Å². The van der Waals surface area contributed by atoms with E-state index in [-0.39, 0.29) is 18.2 Å². The SMILES string of the molecule is C=CCn1c(C)cc(-c2csc(NC(=O)CCNC(=O)C(C)(C)C)n2)c1C. The fourth-order valence-corrected chi connectivity index (χ4v) is 3.39. The zero-order valence-corrected chi connectivity index (χ0v) is 17.5. The van der Waals surface area contributed by atoms with E-state index in [1.807, 2.05) is 32.2 Å². The second-order valence-electron chi connectivity index (χ2n) is 7.53. The van der Waals surface area contributed by atoms with Crippen molar-refractivity contribution in [2.75, 3.05) is 11.9 Å². The van der Waals surface area contributed by atoms with Crippen LogP contribution in [-0.2, 0) is 16.1 Å². The highest BCUT2D eigenvalue weighted by Crippen LogP contribution is 2.30. The average Bonchev–Trinajstić information content (AvgIpc) is 3.13. The van der Waals surface area contributed by atoms with E-state index in [1.54, 1.807) is 0 Å². The number of nitrogens with one attached hydrogen (secondary N) is 2. The first-order valence-electron chi connectivity index (χ1n) is 8.95. The summed E-state index contributed by atoms with van der Waals surface area (Å²) in [6.45, 7) is 14.5. The summed E-state index contributed by atoms with van der Waals surface area (Å²) in [5.41, 5.74) is 3.72. The van der Waals surface area contributed by atoms with Gasteiger partial charge in [-0.15, -0.1) is 17.9 Å². The summed E-state index contributed by atoms with van der Waals surface area (Å²) in [6.07, 6.45) is 2.08. The predicted octanol–water partition coefficient (Wildman–Crippen LogP) is 3.91. The number of carbonyl (C=O) groups is 2. The van der Waals surface area contributed by atoms with E-state index >= 15 is 0 Å². The minimum atomic E-state index is -0.460. The Hall–Kier alpha value is -2.41. The van der Waals surface area contributed by atoms with Crippen LogP contribution in [0, 0.1) is 19.3 Å². The number of nitrogens with zero attached hydrogens (tertiary/aromatic N) is 2. The van der Waals surface area contributed by atoms with E-state index in [0.29, 0.717) is 11.7 Å². The number of allylic oxidation sites excluding steroid dienone is 1. The Balaban J connectivity index is 1.96. The van der Waals surface area contributed by atoms with Crippen molar-refractivity contribution in [2.45, 2.75) is 47.6 Å². The van der Waals surface area contributed by atoms with Crippen molar-refractivity contribution >= 4 is 28.3 Å². The van der Waals surface area contributed by atoms with Gasteiger partial charge < -0.3 is 15.2 Å². The summed E-state index contributed by atoms with van der Waals surface area (Å²) in [6, 6.07) is 2.10. The van der Waals surface area contributed by atoms with Gasteiger partial charge in [-0.1, -0.05) is 26.8 Å². The lowest BCUT2D eigenvalue weighted by Gasteiger charge is -2.17. The average molecular weight is 389 g/mol. The van der Waals surface area contributed by atoms with Crippen LogP contribution < -0.4 is 10.6 Å². The van der Waals surface area contributed by atoms with Gasteiger partial charge in [0.1, 0.15) is 0 Å². The Labute approximate surface area is 164 Å². The third kappa shape index (κ3) is 5.29. The van der Waals surface area contributed by atoms with Gasteiger partial charge in [0.2, 0.25) is 11.8 Å². The first-order chi connectivity index (χ1) is 12.6. The standard InChI is InChI=1S/C20H28N4O2S/c1-7-10-24-13(2)11-15(14(24)3)16-12-27-19(22-16)23-17(25)8-9-21-18(26)20(4,5)6/h7,11-12H,1,8-10H2,2-6H3,(H,21,26)(H,22,23,25). The van der Waals surface area contributed by atoms with Gasteiger partial charge in [0.15, 0.2) is 5.13 Å². The molecule has 2 amide bonds. The lowest BCUT2D eigenvalue weighted by molar-refractivity contribution is -0.128. The minimum Gasteiger partial charge on any atom is -0.355 e. The van der Waals surface area contributed by atoms with Crippen LogP contribution >= 0.6 is 11.3 Å². The van der Waals surface area contributed by atoms with Gasteiger partial charge in [-0.2, -0.15) is 0 Å². The van der Waals surface area contributed by atoms with Crippen LogP contribution in [0.4, 0.5) is 5.13 Å². The van der Waals surface area contributed by atoms with Gasteiger partial charge in [-0.3, -0.25) is 9.59 Å². The Morgan fingerprint density at radius 2 is 2.04 bits per heavy atom. The highest BCUT2D eigenvalue weighted by Gasteiger charge is 2.20. The molecule has 0 saturated carbocycles. The molecule has 2 aromatic heterocycles. The van der Waals surface area contributed by atoms with Gasteiger partial charge in [0.25, 0.3) is 0 Å². The van der Waals surface area contributed by atoms with Gasteiger partial charge in [-0.05, 0) is 19.9 Å². The number of thiazole rings is 1. The second kappa shape index (κ2) is 8.52. The highest BCUT2D eigenvalue weighted by atomic mass is 32.1. The van der Waals surface area contributed by atoms with Crippen LogP contribution in [0.5, 0.6) is 0 Å². The van der Waals surface area contributed by atoms with Crippen molar-refractivity contribution in [3.63, 3.8) is 0 Å². The van der Waals surface area contributed by atoms with E-state index < -0.39 is 5.41 Å². The first kappa shape index (κ1) is 20.9. The Bertz CT molecular complexity index is 843. The number of aromatic nitrogens is 2. The van der Waals surface area contributed by atoms with Gasteiger partial charge in [0, 0.05) is 47.3 Å². The summed E-state index contributed by atoms with van der Waals surface area (Å²) in [5.74, 6) is -0.232. The van der Waals surface area contributed by atoms with Crippen LogP contribution in [0.15, 0.2) is 24.1 Å². The summed E-state index contributed by atoms with van der Waals surface area (Å²) < 4.78 is 2.18. The molecule has 0 unspecified atom stereocenters. The van der Waals surface area contributed by atoms with Crippen molar-refractivity contribution in [2.24, 2.45) is 5.41 Å². The predicted molar refractivity (Wildman–Crippen MR) is 111 cm³/mol. The lowest BCUT2D eigenvalue weighted by Crippen LogP contribution is -2.36. The van der Waals surface area contributed by atoms with Crippen molar-refractivity contribution < 1.29 is 9.59 Å². The molecule has 6 nitrogen and oxygen atoms in total. The number of rotatable bonds is 7. The van der Waals surface area contributed by atoms with E-state index in [1.165, 1.54) is 11.3 Å². The molecule has 146 valence electrons. The molecule has 2 rings (SSSR count). The summed E-state index contributed by atoms with van der Waals surface area (Å²) >= 11 is 1.39. The number of hydrogen-bond acceptors (Lipinski definition) is 4. The van der Waals surface area contributed by atoms with Crippen molar-refractivity contribution in [3.05, 3.63) is 35.5 Å². The summed E-state index contributed by atoms with van der Waals surface area (Å²) in [4.78, 5) is 28.4. The Morgan fingerprint density at radius 1 is 1.33 bits per heavy atom. The van der Waals surface area contributed by atoms with Gasteiger partial charge >= 0.3 is 0 Å². The third-order valence-electron chi connectivity index (χ3n) is 4.23. The first-order valence-corrected chi connectivity index (χ1v) is 9.83. The second-order valence-corrected chi connectivity index (χ2v) is 8.38. The van der Waals surface area contributed by atoms with Crippen LogP contribution in [0.1, 0.15) is 38.6 Å². The van der Waals surface area contributed by atoms with Crippen molar-refractivity contribution in [1.29, 1.82) is 0 Å². The van der Waals surface area contributed by atoms with Gasteiger partial charge in [-0.25, -0.2) is 4.98 Å². The molecule has 0 atom stereocenters. The maximum atomic E-state index is 12.1. The zero-order valence-electron chi connectivity index (χ0n) is 16.7. The highest BCUT2D eigenvalue weighted by molar-refractivity contribution is 7.14. The number of hydrogen-bond donors (Lipinski definition) is 2. The van der Waals surface area contributed by atoms with Crippen LogP contribution in [-0.4, -0.2) is 27.9 Å². The number of aryl methyl sites for hydroxylation is 1. The summed E-state index contributed by atoms with van der Waals surface area (Å²) in [7, 11) is 0. The molecule has 0 aliphatic rings. The third-order valence-corrected chi connectivity index (χ3v) is 4.99. The fourth-order valence-electron chi connectivity index (χ4n) is 2.66. The number of carbonyl (C=O) groups excluding carboxylic acids is 2. The molecular formula is C20H28N4O2S.